The molecule has 0 saturated carbocycles. The van der Waals surface area contributed by atoms with E-state index < -0.39 is 0 Å². The first-order valence-electron chi connectivity index (χ1n) is 4.52. The highest BCUT2D eigenvalue weighted by Crippen LogP contribution is 2.09. The van der Waals surface area contributed by atoms with Gasteiger partial charge in [0.2, 0.25) is 0 Å². The minimum absolute atomic E-state index is 0.0440. The fourth-order valence-electron chi connectivity index (χ4n) is 1.22. The Labute approximate surface area is 92.1 Å². The van der Waals surface area contributed by atoms with Crippen molar-refractivity contribution in [1.29, 1.82) is 0 Å². The Morgan fingerprint density at radius 3 is 2.79 bits per heavy atom. The number of nitrogens with zero attached hydrogens (tertiary/aromatic N) is 1. The first-order valence-corrected chi connectivity index (χ1v) is 5.31. The largest absolute Gasteiger partial charge is 0.310 e. The van der Waals surface area contributed by atoms with Crippen LogP contribution in [0, 0.1) is 0 Å². The highest BCUT2D eigenvalue weighted by Gasteiger charge is 2.16. The minimum atomic E-state index is -0.135. The monoisotopic (exact) mass is 256 g/mol. The molecule has 0 spiro atoms. The summed E-state index contributed by atoms with van der Waals surface area (Å²) in [6.07, 6.45) is 2.41. The average Bonchev–Trinajstić information content (AvgIpc) is 2.20. The molecule has 76 valence electrons. The molecule has 3 nitrogen and oxygen atoms in total. The van der Waals surface area contributed by atoms with Crippen LogP contribution >= 0.6 is 15.9 Å². The Morgan fingerprint density at radius 1 is 1.64 bits per heavy atom. The van der Waals surface area contributed by atoms with Crippen molar-refractivity contribution >= 4 is 21.7 Å². The normalized spacial score (nSPS) is 12.5. The van der Waals surface area contributed by atoms with Crippen molar-refractivity contribution in [3.8, 4) is 0 Å². The molecule has 1 N–H and O–H groups in total. The van der Waals surface area contributed by atoms with Gasteiger partial charge in [-0.15, -0.1) is 0 Å². The van der Waals surface area contributed by atoms with Gasteiger partial charge in [0.1, 0.15) is 5.69 Å². The second-order valence-electron chi connectivity index (χ2n) is 2.98. The maximum absolute atomic E-state index is 11.8. The quantitative estimate of drug-likeness (QED) is 0.839. The van der Waals surface area contributed by atoms with Crippen LogP contribution in [0.3, 0.4) is 0 Å². The number of hydrogen-bond acceptors (Lipinski definition) is 3. The van der Waals surface area contributed by atoms with Crippen molar-refractivity contribution in [3.05, 3.63) is 28.5 Å². The summed E-state index contributed by atoms with van der Waals surface area (Å²) in [5, 5.41) is 2.96. The van der Waals surface area contributed by atoms with Gasteiger partial charge in [-0.1, -0.05) is 6.92 Å². The van der Waals surface area contributed by atoms with Gasteiger partial charge in [-0.3, -0.25) is 9.78 Å². The van der Waals surface area contributed by atoms with Gasteiger partial charge in [0.05, 0.1) is 6.04 Å². The molecule has 0 aliphatic heterocycles. The molecule has 4 heteroatoms. The van der Waals surface area contributed by atoms with Crippen LogP contribution in [0.15, 0.2) is 22.8 Å². The molecule has 0 fully saturated rings. The number of ketones is 1. The molecule has 1 heterocycles. The van der Waals surface area contributed by atoms with Gasteiger partial charge in [0.25, 0.3) is 0 Å². The highest BCUT2D eigenvalue weighted by atomic mass is 79.9. The standard InChI is InChI=1S/C10H13BrN2O/c1-3-8(12-2)10(14)9-5-4-7(11)6-13-9/h4-6,8,12H,3H2,1-2H3. The van der Waals surface area contributed by atoms with Gasteiger partial charge in [-0.2, -0.15) is 0 Å². The van der Waals surface area contributed by atoms with E-state index >= 15 is 0 Å². The Morgan fingerprint density at radius 2 is 2.36 bits per heavy atom. The van der Waals surface area contributed by atoms with Crippen LogP contribution in [0.5, 0.6) is 0 Å². The summed E-state index contributed by atoms with van der Waals surface area (Å²) in [5.74, 6) is 0.0440. The molecule has 1 aromatic heterocycles. The number of hydrogen-bond donors (Lipinski definition) is 1. The van der Waals surface area contributed by atoms with Gasteiger partial charge in [0, 0.05) is 10.7 Å². The molecule has 0 amide bonds. The molecule has 0 aliphatic rings. The predicted molar refractivity (Wildman–Crippen MR) is 59.4 cm³/mol. The lowest BCUT2D eigenvalue weighted by Gasteiger charge is -2.11. The van der Waals surface area contributed by atoms with Gasteiger partial charge >= 0.3 is 0 Å². The van der Waals surface area contributed by atoms with Gasteiger partial charge in [0.15, 0.2) is 5.78 Å². The Balaban J connectivity index is 2.83. The molecule has 0 bridgehead atoms. The van der Waals surface area contributed by atoms with Crippen molar-refractivity contribution in [3.63, 3.8) is 0 Å². The van der Waals surface area contributed by atoms with E-state index in [0.29, 0.717) is 5.69 Å². The van der Waals surface area contributed by atoms with Crippen LogP contribution in [0.25, 0.3) is 0 Å². The molecule has 0 aromatic carbocycles. The molecular weight excluding hydrogens is 244 g/mol. The summed E-state index contributed by atoms with van der Waals surface area (Å²) in [5.41, 5.74) is 0.509. The van der Waals surface area contributed by atoms with Gasteiger partial charge in [-0.25, -0.2) is 0 Å². The zero-order valence-electron chi connectivity index (χ0n) is 8.25. The second kappa shape index (κ2) is 5.22. The molecule has 1 atom stereocenters. The number of likely N-dealkylation sites (N-methyl/N-ethyl adjacent to an activating group) is 1. The van der Waals surface area contributed by atoms with E-state index in [9.17, 15) is 4.79 Å². The molecule has 1 rings (SSSR count). The van der Waals surface area contributed by atoms with Crippen molar-refractivity contribution in [2.45, 2.75) is 19.4 Å². The minimum Gasteiger partial charge on any atom is -0.310 e. The maximum Gasteiger partial charge on any atom is 0.197 e. The third-order valence-electron chi connectivity index (χ3n) is 2.05. The summed E-state index contributed by atoms with van der Waals surface area (Å²) in [7, 11) is 1.78. The third kappa shape index (κ3) is 2.62. The summed E-state index contributed by atoms with van der Waals surface area (Å²) in [6.45, 7) is 1.97. The molecule has 14 heavy (non-hydrogen) atoms. The number of pyridine rings is 1. The first kappa shape index (κ1) is 11.3. The lowest BCUT2D eigenvalue weighted by molar-refractivity contribution is 0.0940. The van der Waals surface area contributed by atoms with E-state index in [2.05, 4.69) is 26.2 Å². The van der Waals surface area contributed by atoms with Gasteiger partial charge in [-0.05, 0) is 41.5 Å². The first-order chi connectivity index (χ1) is 6.69. The van der Waals surface area contributed by atoms with Crippen molar-refractivity contribution < 1.29 is 4.79 Å². The molecule has 0 aliphatic carbocycles. The fourth-order valence-corrected chi connectivity index (χ4v) is 1.46. The zero-order valence-corrected chi connectivity index (χ0v) is 9.84. The smallest absolute Gasteiger partial charge is 0.197 e. The van der Waals surface area contributed by atoms with Crippen molar-refractivity contribution in [2.24, 2.45) is 0 Å². The Hall–Kier alpha value is -0.740. The van der Waals surface area contributed by atoms with Crippen molar-refractivity contribution in [1.82, 2.24) is 10.3 Å². The SMILES string of the molecule is CCC(NC)C(=O)c1ccc(Br)cn1. The molecule has 1 aromatic rings. The zero-order chi connectivity index (χ0) is 10.6. The second-order valence-corrected chi connectivity index (χ2v) is 3.89. The summed E-state index contributed by atoms with van der Waals surface area (Å²) < 4.78 is 0.881. The van der Waals surface area contributed by atoms with Crippen LogP contribution in [0.4, 0.5) is 0 Å². The van der Waals surface area contributed by atoms with E-state index in [1.807, 2.05) is 13.0 Å². The fraction of sp³-hybridized carbons (Fsp3) is 0.400. The van der Waals surface area contributed by atoms with E-state index in [1.54, 1.807) is 19.3 Å². The summed E-state index contributed by atoms with van der Waals surface area (Å²) >= 11 is 3.28. The summed E-state index contributed by atoms with van der Waals surface area (Å²) in [4.78, 5) is 15.8. The highest BCUT2D eigenvalue weighted by molar-refractivity contribution is 9.10. The number of halogens is 1. The molecule has 0 saturated heterocycles. The number of carbonyl (C=O) groups excluding carboxylic acids is 1. The Bertz CT molecular complexity index is 306. The van der Waals surface area contributed by atoms with E-state index in [1.165, 1.54) is 0 Å². The number of carbonyl (C=O) groups is 1. The van der Waals surface area contributed by atoms with Crippen LogP contribution in [-0.4, -0.2) is 23.9 Å². The predicted octanol–water partition coefficient (Wildman–Crippen LogP) is 2.02. The van der Waals surface area contributed by atoms with E-state index in [4.69, 9.17) is 0 Å². The van der Waals surface area contributed by atoms with E-state index in [-0.39, 0.29) is 11.8 Å². The lowest BCUT2D eigenvalue weighted by Crippen LogP contribution is -2.33. The van der Waals surface area contributed by atoms with Crippen LogP contribution in [-0.2, 0) is 0 Å². The average molecular weight is 257 g/mol. The number of rotatable bonds is 4. The Kier molecular flexibility index (Phi) is 4.22. The maximum atomic E-state index is 11.8. The van der Waals surface area contributed by atoms with Crippen LogP contribution in [0.1, 0.15) is 23.8 Å². The van der Waals surface area contributed by atoms with Gasteiger partial charge < -0.3 is 5.32 Å². The number of aromatic nitrogens is 1. The molecular formula is C10H13BrN2O. The molecule has 0 radical (unpaired) electrons. The van der Waals surface area contributed by atoms with Crippen molar-refractivity contribution in [2.75, 3.05) is 7.05 Å². The topological polar surface area (TPSA) is 42.0 Å². The third-order valence-corrected chi connectivity index (χ3v) is 2.52. The number of Topliss-reactive ketones (excluding diaryl/α,β-unsaturated/α-hetero) is 1. The summed E-state index contributed by atoms with van der Waals surface area (Å²) in [6, 6.07) is 3.42. The van der Waals surface area contributed by atoms with Crippen LogP contribution < -0.4 is 5.32 Å². The number of nitrogens with one attached hydrogen (secondary N) is 1. The van der Waals surface area contributed by atoms with Crippen LogP contribution in [0.2, 0.25) is 0 Å². The van der Waals surface area contributed by atoms with E-state index in [0.717, 1.165) is 10.9 Å². The lowest BCUT2D eigenvalue weighted by atomic mass is 10.1. The molecule has 1 unspecified atom stereocenters.